The first-order valence-electron chi connectivity index (χ1n) is 11.4. The topological polar surface area (TPSA) is 37.3 Å². The van der Waals surface area contributed by atoms with Gasteiger partial charge in [-0.3, -0.25) is 0 Å². The Bertz CT molecular complexity index is 457. The van der Waals surface area contributed by atoms with Crippen molar-refractivity contribution in [3.05, 3.63) is 42.0 Å². The number of rotatable bonds is 16. The molecule has 1 aromatic rings. The first kappa shape index (κ1) is 27.2. The Balaban J connectivity index is 0.000000567. The van der Waals surface area contributed by atoms with Crippen molar-refractivity contribution in [1.29, 1.82) is 0 Å². The molecule has 0 aliphatic carbocycles. The molecule has 0 fully saturated rings. The quantitative estimate of drug-likeness (QED) is 0.144. The van der Waals surface area contributed by atoms with Crippen molar-refractivity contribution >= 4 is 33.2 Å². The molecule has 0 heterocycles. The van der Waals surface area contributed by atoms with Crippen molar-refractivity contribution in [2.75, 3.05) is 0 Å². The second kappa shape index (κ2) is 22.5. The van der Waals surface area contributed by atoms with E-state index in [1.807, 2.05) is 30.3 Å². The van der Waals surface area contributed by atoms with Crippen LogP contribution in [0.3, 0.4) is 0 Å². The number of hydrogen-bond donors (Lipinski definition) is 1. The van der Waals surface area contributed by atoms with Crippen LogP contribution in [0.5, 0.6) is 0 Å². The molecule has 0 saturated heterocycles. The average Bonchev–Trinajstić information content (AvgIpc) is 2.71. The van der Waals surface area contributed by atoms with Gasteiger partial charge in [0, 0.05) is 6.08 Å². The van der Waals surface area contributed by atoms with Gasteiger partial charge in [-0.2, -0.15) is 0 Å². The molecule has 0 saturated carbocycles. The van der Waals surface area contributed by atoms with E-state index in [9.17, 15) is 4.79 Å². The Labute approximate surface area is 184 Å². The first-order valence-corrected chi connectivity index (χ1v) is 15.4. The Morgan fingerprint density at radius 1 is 0.786 bits per heavy atom. The number of hydrogen-bond acceptors (Lipinski definition) is 1. The van der Waals surface area contributed by atoms with Gasteiger partial charge in [-0.05, 0) is 11.6 Å². The van der Waals surface area contributed by atoms with Gasteiger partial charge < -0.3 is 5.11 Å². The fraction of sp³-hybridized carbons (Fsp3) is 0.640. The molecule has 3 heteroatoms. The molecule has 0 amide bonds. The molecule has 2 radical (unpaired) electrons. The molecule has 0 bridgehead atoms. The van der Waals surface area contributed by atoms with Crippen LogP contribution in [0, 0.1) is 0 Å². The van der Waals surface area contributed by atoms with Crippen molar-refractivity contribution in [2.24, 2.45) is 0 Å². The van der Waals surface area contributed by atoms with Crippen LogP contribution in [0.4, 0.5) is 0 Å². The maximum absolute atomic E-state index is 10.1. The number of unbranched alkanes of at least 4 members (excludes halogenated alkanes) is 10. The summed E-state index contributed by atoms with van der Waals surface area (Å²) in [6.45, 7) is 4.60. The van der Waals surface area contributed by atoms with E-state index < -0.39 is 5.97 Å². The van der Waals surface area contributed by atoms with Crippen molar-refractivity contribution in [3.63, 3.8) is 0 Å². The van der Waals surface area contributed by atoms with Gasteiger partial charge in [-0.1, -0.05) is 30.3 Å². The molecule has 1 rings (SSSR count). The van der Waals surface area contributed by atoms with E-state index in [0.717, 1.165) is 11.6 Å². The van der Waals surface area contributed by atoms with Gasteiger partial charge in [-0.15, -0.1) is 0 Å². The van der Waals surface area contributed by atoms with Crippen LogP contribution in [0.15, 0.2) is 36.4 Å². The molecule has 28 heavy (non-hydrogen) atoms. The molecule has 158 valence electrons. The molecule has 0 aliphatic rings. The van der Waals surface area contributed by atoms with Crippen LogP contribution in [0.2, 0.25) is 8.87 Å². The largest absolute Gasteiger partial charge is 0.478 e. The van der Waals surface area contributed by atoms with Crippen LogP contribution < -0.4 is 0 Å². The smallest absolute Gasteiger partial charge is 0.328 e. The fourth-order valence-electron chi connectivity index (χ4n) is 2.92. The SMILES string of the molecule is CCCCCCC[CH2][Sn][CH2]CCCCCCC.O=C(O)C=Cc1ccccc1. The molecule has 1 aromatic carbocycles. The number of benzene rings is 1. The van der Waals surface area contributed by atoms with Gasteiger partial charge >= 0.3 is 127 Å². The number of carbonyl (C=O) groups is 1. The number of aliphatic carboxylic acids is 1. The van der Waals surface area contributed by atoms with Crippen LogP contribution in [0.1, 0.15) is 96.5 Å². The summed E-state index contributed by atoms with van der Waals surface area (Å²) in [6, 6.07) is 9.31. The molecule has 0 aliphatic heterocycles. The second-order valence-corrected chi connectivity index (χ2v) is 11.6. The molecular formula is C25H42O2Sn. The molecule has 2 nitrogen and oxygen atoms in total. The predicted molar refractivity (Wildman–Crippen MR) is 125 cm³/mol. The molecule has 0 aromatic heterocycles. The molecular weight excluding hydrogens is 451 g/mol. The van der Waals surface area contributed by atoms with Crippen molar-refractivity contribution in [2.45, 2.75) is 99.8 Å². The Morgan fingerprint density at radius 2 is 1.25 bits per heavy atom. The minimum atomic E-state index is -0.922. The van der Waals surface area contributed by atoms with Crippen LogP contribution in [0.25, 0.3) is 6.08 Å². The van der Waals surface area contributed by atoms with Crippen LogP contribution in [-0.4, -0.2) is 32.2 Å². The zero-order valence-corrected chi connectivity index (χ0v) is 21.2. The maximum atomic E-state index is 10.1. The fourth-order valence-corrected chi connectivity index (χ4v) is 6.48. The van der Waals surface area contributed by atoms with E-state index in [2.05, 4.69) is 13.8 Å². The van der Waals surface area contributed by atoms with E-state index in [4.69, 9.17) is 5.11 Å². The average molecular weight is 493 g/mol. The van der Waals surface area contributed by atoms with Gasteiger partial charge in [-0.25, -0.2) is 4.79 Å². The molecule has 0 unspecified atom stereocenters. The standard InChI is InChI=1S/C9H8O2.2C8H17.Sn/c10-9(11)7-6-8-4-2-1-3-5-8;2*1-3-5-7-8-6-4-2;/h1-7H,(H,10,11);2*1,3-8H2,2H3;. The molecule has 0 atom stereocenters. The minimum absolute atomic E-state index is 0.0736. The maximum Gasteiger partial charge on any atom is 0.328 e. The van der Waals surface area contributed by atoms with Crippen molar-refractivity contribution in [1.82, 2.24) is 0 Å². The van der Waals surface area contributed by atoms with Gasteiger partial charge in [0.25, 0.3) is 0 Å². The summed E-state index contributed by atoms with van der Waals surface area (Å²) >= 11 is 0.0736. The van der Waals surface area contributed by atoms with E-state index >= 15 is 0 Å². The molecule has 0 spiro atoms. The summed E-state index contributed by atoms with van der Waals surface area (Å²) < 4.78 is 3.31. The molecule has 1 N–H and O–H groups in total. The van der Waals surface area contributed by atoms with Crippen LogP contribution >= 0.6 is 0 Å². The second-order valence-electron chi connectivity index (χ2n) is 7.37. The minimum Gasteiger partial charge on any atom is -0.478 e. The van der Waals surface area contributed by atoms with Crippen LogP contribution in [-0.2, 0) is 4.79 Å². The van der Waals surface area contributed by atoms with E-state index in [1.54, 1.807) is 27.8 Å². The summed E-state index contributed by atoms with van der Waals surface area (Å²) in [7, 11) is 0. The monoisotopic (exact) mass is 494 g/mol. The van der Waals surface area contributed by atoms with E-state index in [1.165, 1.54) is 64.2 Å². The van der Waals surface area contributed by atoms with Gasteiger partial charge in [0.1, 0.15) is 0 Å². The number of carboxylic acid groups (broad SMARTS) is 1. The Hall–Kier alpha value is -0.771. The van der Waals surface area contributed by atoms with E-state index in [0.29, 0.717) is 0 Å². The summed E-state index contributed by atoms with van der Waals surface area (Å²) in [4.78, 5) is 10.1. The normalized spacial score (nSPS) is 10.6. The van der Waals surface area contributed by atoms with Crippen molar-refractivity contribution < 1.29 is 9.90 Å². The van der Waals surface area contributed by atoms with Crippen molar-refractivity contribution in [3.8, 4) is 0 Å². The third kappa shape index (κ3) is 21.5. The summed E-state index contributed by atoms with van der Waals surface area (Å²) in [5.74, 6) is -0.922. The summed E-state index contributed by atoms with van der Waals surface area (Å²) in [5, 5.41) is 8.29. The number of carboxylic acids is 1. The van der Waals surface area contributed by atoms with Gasteiger partial charge in [0.2, 0.25) is 0 Å². The third-order valence-corrected chi connectivity index (χ3v) is 8.67. The van der Waals surface area contributed by atoms with E-state index in [-0.39, 0.29) is 21.1 Å². The zero-order valence-electron chi connectivity index (χ0n) is 18.3. The Morgan fingerprint density at radius 3 is 1.71 bits per heavy atom. The summed E-state index contributed by atoms with van der Waals surface area (Å²) in [6.07, 6.45) is 20.5. The predicted octanol–water partition coefficient (Wildman–Crippen LogP) is 8.03. The third-order valence-electron chi connectivity index (χ3n) is 4.63. The zero-order chi connectivity index (χ0) is 20.7. The van der Waals surface area contributed by atoms with Gasteiger partial charge in [0.15, 0.2) is 0 Å². The van der Waals surface area contributed by atoms with Gasteiger partial charge in [0.05, 0.1) is 0 Å². The summed E-state index contributed by atoms with van der Waals surface area (Å²) in [5.41, 5.74) is 0.898. The Kier molecular flexibility index (Phi) is 21.9. The first-order chi connectivity index (χ1) is 13.7.